The molecular formula is C6H15O4PS. The molecule has 74 valence electrons. The summed E-state index contributed by atoms with van der Waals surface area (Å²) in [5, 5.41) is 0. The Kier molecular flexibility index (Phi) is 6.27. The van der Waals surface area contributed by atoms with Crippen LogP contribution in [0.3, 0.4) is 0 Å². The van der Waals surface area contributed by atoms with E-state index >= 15 is 0 Å². The van der Waals surface area contributed by atoms with E-state index in [9.17, 15) is 4.89 Å². The quantitative estimate of drug-likeness (QED) is 0.675. The van der Waals surface area contributed by atoms with E-state index in [2.05, 4.69) is 0 Å². The lowest BCUT2D eigenvalue weighted by molar-refractivity contribution is 0.0740. The Morgan fingerprint density at radius 2 is 2.17 bits per heavy atom. The summed E-state index contributed by atoms with van der Waals surface area (Å²) in [4.78, 5) is 9.34. The molecule has 2 atom stereocenters. The maximum atomic E-state index is 9.34. The molecule has 0 spiro atoms. The van der Waals surface area contributed by atoms with Crippen LogP contribution in [0.15, 0.2) is 0 Å². The Labute approximate surface area is 78.1 Å². The van der Waals surface area contributed by atoms with E-state index in [1.807, 2.05) is 0 Å². The van der Waals surface area contributed by atoms with E-state index in [0.29, 0.717) is 13.2 Å². The Bertz CT molecular complexity index is 164. The topological polar surface area (TPSA) is 47.9 Å². The van der Waals surface area contributed by atoms with Gasteiger partial charge in [0, 0.05) is 7.11 Å². The predicted octanol–water partition coefficient (Wildman–Crippen LogP) is 1.29. The van der Waals surface area contributed by atoms with Crippen molar-refractivity contribution in [2.75, 3.05) is 20.3 Å². The Hall–Kier alpha value is 0.490. The number of rotatable bonds is 6. The number of hydrogen-bond acceptors (Lipinski definition) is 4. The van der Waals surface area contributed by atoms with Gasteiger partial charge in [-0.1, -0.05) is 0 Å². The summed E-state index contributed by atoms with van der Waals surface area (Å²) in [7, 11) is 1.56. The molecule has 0 fully saturated rings. The van der Waals surface area contributed by atoms with Crippen LogP contribution in [-0.4, -0.2) is 31.3 Å². The first-order chi connectivity index (χ1) is 5.52. The smallest absolute Gasteiger partial charge is 0.324 e. The highest BCUT2D eigenvalue weighted by Gasteiger charge is 2.17. The van der Waals surface area contributed by atoms with Crippen molar-refractivity contribution in [1.82, 2.24) is 0 Å². The third-order valence-electron chi connectivity index (χ3n) is 1.01. The third-order valence-corrected chi connectivity index (χ3v) is 2.79. The standard InChI is InChI=1S/C6H15O4PS/c1-4-9-11(7,12)10-6(2)5-8-3/h6H,4-5H2,1-3H3,(H,7,12)/t6-,11?/m1/s1. The fourth-order valence-corrected chi connectivity index (χ4v) is 2.35. The highest BCUT2D eigenvalue weighted by molar-refractivity contribution is 8.07. The third kappa shape index (κ3) is 6.06. The second kappa shape index (κ2) is 6.02. The molecule has 0 aliphatic carbocycles. The number of methoxy groups -OCH3 is 1. The zero-order valence-electron chi connectivity index (χ0n) is 7.52. The van der Waals surface area contributed by atoms with Crippen LogP contribution in [-0.2, 0) is 25.6 Å². The number of ether oxygens (including phenoxy) is 1. The summed E-state index contributed by atoms with van der Waals surface area (Å²) >= 11 is 4.70. The van der Waals surface area contributed by atoms with Crippen LogP contribution in [0.25, 0.3) is 0 Å². The summed E-state index contributed by atoms with van der Waals surface area (Å²) in [5.41, 5.74) is 0. The molecule has 0 aromatic rings. The molecule has 0 saturated heterocycles. The highest BCUT2D eigenvalue weighted by atomic mass is 32.5. The van der Waals surface area contributed by atoms with Gasteiger partial charge >= 0.3 is 6.72 Å². The van der Waals surface area contributed by atoms with Crippen molar-refractivity contribution in [2.24, 2.45) is 0 Å². The minimum Gasteiger partial charge on any atom is -0.382 e. The molecule has 0 bridgehead atoms. The van der Waals surface area contributed by atoms with Crippen molar-refractivity contribution in [1.29, 1.82) is 0 Å². The van der Waals surface area contributed by atoms with E-state index in [1.54, 1.807) is 21.0 Å². The second-order valence-electron chi connectivity index (χ2n) is 2.26. The summed E-state index contributed by atoms with van der Waals surface area (Å²) in [6.07, 6.45) is -0.239. The van der Waals surface area contributed by atoms with Gasteiger partial charge in [-0.2, -0.15) is 0 Å². The second-order valence-corrected chi connectivity index (χ2v) is 5.05. The minimum atomic E-state index is -3.03. The van der Waals surface area contributed by atoms with Crippen molar-refractivity contribution in [3.63, 3.8) is 0 Å². The molecule has 0 aromatic carbocycles. The van der Waals surface area contributed by atoms with E-state index in [0.717, 1.165) is 0 Å². The maximum absolute atomic E-state index is 9.34. The van der Waals surface area contributed by atoms with Gasteiger partial charge in [0.05, 0.1) is 19.3 Å². The van der Waals surface area contributed by atoms with E-state index in [-0.39, 0.29) is 6.10 Å². The monoisotopic (exact) mass is 214 g/mol. The molecule has 0 aliphatic rings. The first-order valence-electron chi connectivity index (χ1n) is 3.66. The van der Waals surface area contributed by atoms with Gasteiger partial charge in [0.1, 0.15) is 0 Å². The van der Waals surface area contributed by atoms with Crippen molar-refractivity contribution in [3.8, 4) is 0 Å². The van der Waals surface area contributed by atoms with Gasteiger partial charge < -0.3 is 18.7 Å². The van der Waals surface area contributed by atoms with Crippen molar-refractivity contribution >= 4 is 18.5 Å². The van der Waals surface area contributed by atoms with Crippen LogP contribution in [0.5, 0.6) is 0 Å². The Balaban J connectivity index is 3.79. The van der Waals surface area contributed by atoms with Crippen LogP contribution in [0.4, 0.5) is 0 Å². The number of hydrogen-bond donors (Lipinski definition) is 1. The lowest BCUT2D eigenvalue weighted by atomic mass is 10.5. The fraction of sp³-hybridized carbons (Fsp3) is 1.00. The van der Waals surface area contributed by atoms with E-state index < -0.39 is 6.72 Å². The summed E-state index contributed by atoms with van der Waals surface area (Å²) in [6, 6.07) is 0. The largest absolute Gasteiger partial charge is 0.382 e. The maximum Gasteiger partial charge on any atom is 0.324 e. The van der Waals surface area contributed by atoms with Gasteiger partial charge in [0.25, 0.3) is 0 Å². The average molecular weight is 214 g/mol. The summed E-state index contributed by atoms with van der Waals surface area (Å²) < 4.78 is 14.7. The van der Waals surface area contributed by atoms with Gasteiger partial charge in [0.15, 0.2) is 0 Å². The molecule has 0 aliphatic heterocycles. The molecule has 0 heterocycles. The van der Waals surface area contributed by atoms with Crippen molar-refractivity contribution in [2.45, 2.75) is 20.0 Å². The van der Waals surface area contributed by atoms with Crippen molar-refractivity contribution < 1.29 is 18.7 Å². The van der Waals surface area contributed by atoms with Gasteiger partial charge in [-0.15, -0.1) is 0 Å². The first kappa shape index (κ1) is 12.5. The Morgan fingerprint density at radius 1 is 1.58 bits per heavy atom. The predicted molar refractivity (Wildman–Crippen MR) is 50.6 cm³/mol. The molecule has 0 aromatic heterocycles. The zero-order chi connectivity index (χ0) is 9.61. The molecule has 0 rings (SSSR count). The zero-order valence-corrected chi connectivity index (χ0v) is 9.23. The van der Waals surface area contributed by atoms with Crippen LogP contribution < -0.4 is 0 Å². The van der Waals surface area contributed by atoms with Crippen molar-refractivity contribution in [3.05, 3.63) is 0 Å². The van der Waals surface area contributed by atoms with Gasteiger partial charge in [-0.25, -0.2) is 0 Å². The van der Waals surface area contributed by atoms with Crippen LogP contribution in [0.1, 0.15) is 13.8 Å². The molecule has 1 unspecified atom stereocenters. The van der Waals surface area contributed by atoms with Crippen LogP contribution >= 0.6 is 6.72 Å². The lowest BCUT2D eigenvalue weighted by Gasteiger charge is -2.19. The molecule has 6 heteroatoms. The summed E-state index contributed by atoms with van der Waals surface area (Å²) in [5.74, 6) is 0. The van der Waals surface area contributed by atoms with Crippen LogP contribution in [0.2, 0.25) is 0 Å². The van der Waals surface area contributed by atoms with E-state index in [1.165, 1.54) is 0 Å². The normalized spacial score (nSPS) is 18.7. The first-order valence-corrected chi connectivity index (χ1v) is 6.25. The van der Waals surface area contributed by atoms with Crippen LogP contribution in [0, 0.1) is 0 Å². The molecule has 1 N–H and O–H groups in total. The molecule has 0 saturated carbocycles. The Morgan fingerprint density at radius 3 is 2.58 bits per heavy atom. The molecule has 0 radical (unpaired) electrons. The molecular weight excluding hydrogens is 199 g/mol. The summed E-state index contributed by atoms with van der Waals surface area (Å²) in [6.45, 7) is 1.24. The molecule has 12 heavy (non-hydrogen) atoms. The average Bonchev–Trinajstić information content (AvgIpc) is 1.85. The van der Waals surface area contributed by atoms with Gasteiger partial charge in [0.2, 0.25) is 0 Å². The lowest BCUT2D eigenvalue weighted by Crippen LogP contribution is -2.13. The fourth-order valence-electron chi connectivity index (χ4n) is 0.686. The van der Waals surface area contributed by atoms with E-state index in [4.69, 9.17) is 25.6 Å². The highest BCUT2D eigenvalue weighted by Crippen LogP contribution is 2.44. The molecule has 4 nitrogen and oxygen atoms in total. The SMILES string of the molecule is CCOP(O)(=S)O[C@H](C)COC. The van der Waals surface area contributed by atoms with Gasteiger partial charge in [-0.05, 0) is 25.7 Å². The molecule has 0 amide bonds. The van der Waals surface area contributed by atoms with Gasteiger partial charge in [-0.3, -0.25) is 0 Å². The minimum absolute atomic E-state index is 0.239.